The maximum atomic E-state index is 11.8. The van der Waals surface area contributed by atoms with Gasteiger partial charge in [0, 0.05) is 26.3 Å². The van der Waals surface area contributed by atoms with E-state index >= 15 is 0 Å². The van der Waals surface area contributed by atoms with Crippen molar-refractivity contribution in [1.82, 2.24) is 15.2 Å². The molecule has 0 aliphatic carbocycles. The summed E-state index contributed by atoms with van der Waals surface area (Å²) in [6.45, 7) is 1.43. The highest BCUT2D eigenvalue weighted by Crippen LogP contribution is 2.07. The first-order valence-electron chi connectivity index (χ1n) is 4.66. The van der Waals surface area contributed by atoms with E-state index in [1.807, 2.05) is 7.05 Å². The minimum atomic E-state index is -0.0468. The van der Waals surface area contributed by atoms with Crippen molar-refractivity contribution in [1.29, 1.82) is 0 Å². The quantitative estimate of drug-likeness (QED) is 0.782. The molecule has 1 aromatic rings. The highest BCUT2D eigenvalue weighted by molar-refractivity contribution is 6.29. The van der Waals surface area contributed by atoms with Crippen molar-refractivity contribution in [2.24, 2.45) is 0 Å². The van der Waals surface area contributed by atoms with Crippen molar-refractivity contribution < 1.29 is 4.79 Å². The van der Waals surface area contributed by atoms with E-state index in [4.69, 9.17) is 11.6 Å². The molecule has 4 nitrogen and oxygen atoms in total. The van der Waals surface area contributed by atoms with Crippen LogP contribution in [0.5, 0.6) is 0 Å². The molecular weight excluding hydrogens is 214 g/mol. The molecule has 1 aromatic heterocycles. The number of hydrogen-bond donors (Lipinski definition) is 1. The van der Waals surface area contributed by atoms with E-state index in [1.165, 1.54) is 6.20 Å². The Balaban J connectivity index is 2.63. The first-order chi connectivity index (χ1) is 7.15. The van der Waals surface area contributed by atoms with Gasteiger partial charge in [0.2, 0.25) is 0 Å². The smallest absolute Gasteiger partial charge is 0.255 e. The second kappa shape index (κ2) is 5.68. The van der Waals surface area contributed by atoms with Crippen LogP contribution in [0.3, 0.4) is 0 Å². The monoisotopic (exact) mass is 227 g/mol. The molecule has 5 heteroatoms. The van der Waals surface area contributed by atoms with Gasteiger partial charge in [0.05, 0.1) is 5.56 Å². The third-order valence-electron chi connectivity index (χ3n) is 2.02. The second-order valence-electron chi connectivity index (χ2n) is 3.20. The zero-order chi connectivity index (χ0) is 11.3. The number of carbonyl (C=O) groups is 1. The van der Waals surface area contributed by atoms with Gasteiger partial charge in [0.15, 0.2) is 0 Å². The molecular formula is C10H14ClN3O. The molecule has 0 atom stereocenters. The lowest BCUT2D eigenvalue weighted by atomic mass is 10.2. The van der Waals surface area contributed by atoms with Gasteiger partial charge in [-0.15, -0.1) is 0 Å². The summed E-state index contributed by atoms with van der Waals surface area (Å²) >= 11 is 5.63. The summed E-state index contributed by atoms with van der Waals surface area (Å²) in [4.78, 5) is 17.3. The Morgan fingerprint density at radius 1 is 1.60 bits per heavy atom. The number of amides is 1. The number of carbonyl (C=O) groups excluding carboxylic acids is 1. The van der Waals surface area contributed by atoms with Gasteiger partial charge in [-0.2, -0.15) is 0 Å². The predicted octanol–water partition coefficient (Wildman–Crippen LogP) is 1.03. The highest BCUT2D eigenvalue weighted by Gasteiger charge is 2.10. The van der Waals surface area contributed by atoms with E-state index in [9.17, 15) is 4.79 Å². The molecule has 0 radical (unpaired) electrons. The van der Waals surface area contributed by atoms with Gasteiger partial charge in [0.25, 0.3) is 5.91 Å². The fraction of sp³-hybridized carbons (Fsp3) is 0.400. The number of halogens is 1. The summed E-state index contributed by atoms with van der Waals surface area (Å²) in [6.07, 6.45) is 1.49. The molecule has 0 aliphatic heterocycles. The molecule has 0 saturated heterocycles. The zero-order valence-corrected chi connectivity index (χ0v) is 9.58. The largest absolute Gasteiger partial charge is 0.340 e. The lowest BCUT2D eigenvalue weighted by Gasteiger charge is -2.16. The molecule has 0 aliphatic rings. The van der Waals surface area contributed by atoms with E-state index in [0.717, 1.165) is 6.54 Å². The topological polar surface area (TPSA) is 45.2 Å². The number of hydrogen-bond acceptors (Lipinski definition) is 3. The van der Waals surface area contributed by atoms with Crippen LogP contribution in [-0.2, 0) is 0 Å². The number of rotatable bonds is 4. The van der Waals surface area contributed by atoms with Crippen molar-refractivity contribution in [3.8, 4) is 0 Å². The summed E-state index contributed by atoms with van der Waals surface area (Å²) in [6, 6.07) is 3.29. The number of pyridine rings is 1. The lowest BCUT2D eigenvalue weighted by molar-refractivity contribution is 0.0796. The van der Waals surface area contributed by atoms with Crippen LogP contribution in [0, 0.1) is 0 Å². The van der Waals surface area contributed by atoms with Crippen LogP contribution in [0.25, 0.3) is 0 Å². The van der Waals surface area contributed by atoms with Crippen LogP contribution in [0.4, 0.5) is 0 Å². The SMILES string of the molecule is CNCCN(C)C(=O)c1ccc(Cl)nc1. The lowest BCUT2D eigenvalue weighted by Crippen LogP contribution is -2.32. The molecule has 1 heterocycles. The van der Waals surface area contributed by atoms with Crippen molar-refractivity contribution in [3.05, 3.63) is 29.0 Å². The average molecular weight is 228 g/mol. The van der Waals surface area contributed by atoms with Gasteiger partial charge >= 0.3 is 0 Å². The fourth-order valence-corrected chi connectivity index (χ4v) is 1.22. The number of nitrogens with one attached hydrogen (secondary N) is 1. The van der Waals surface area contributed by atoms with Crippen LogP contribution < -0.4 is 5.32 Å². The average Bonchev–Trinajstić information content (AvgIpc) is 2.26. The van der Waals surface area contributed by atoms with E-state index < -0.39 is 0 Å². The van der Waals surface area contributed by atoms with Gasteiger partial charge in [-0.05, 0) is 19.2 Å². The Morgan fingerprint density at radius 3 is 2.87 bits per heavy atom. The maximum Gasteiger partial charge on any atom is 0.255 e. The molecule has 82 valence electrons. The van der Waals surface area contributed by atoms with E-state index in [2.05, 4.69) is 10.3 Å². The number of aromatic nitrogens is 1. The molecule has 0 unspecified atom stereocenters. The molecule has 0 aromatic carbocycles. The van der Waals surface area contributed by atoms with Crippen molar-refractivity contribution >= 4 is 17.5 Å². The Kier molecular flexibility index (Phi) is 4.52. The Morgan fingerprint density at radius 2 is 2.33 bits per heavy atom. The minimum Gasteiger partial charge on any atom is -0.340 e. The molecule has 0 saturated carbocycles. The van der Waals surface area contributed by atoms with E-state index in [0.29, 0.717) is 17.3 Å². The third-order valence-corrected chi connectivity index (χ3v) is 2.24. The van der Waals surface area contributed by atoms with Gasteiger partial charge in [0.1, 0.15) is 5.15 Å². The molecule has 1 N–H and O–H groups in total. The van der Waals surface area contributed by atoms with E-state index in [1.54, 1.807) is 24.1 Å². The fourth-order valence-electron chi connectivity index (χ4n) is 1.10. The molecule has 0 fully saturated rings. The Hall–Kier alpha value is -1.13. The molecule has 15 heavy (non-hydrogen) atoms. The van der Waals surface area contributed by atoms with E-state index in [-0.39, 0.29) is 5.91 Å². The summed E-state index contributed by atoms with van der Waals surface area (Å²) in [5.41, 5.74) is 0.554. The van der Waals surface area contributed by atoms with Gasteiger partial charge < -0.3 is 10.2 Å². The van der Waals surface area contributed by atoms with Crippen LogP contribution in [0.2, 0.25) is 5.15 Å². The molecule has 1 amide bonds. The summed E-state index contributed by atoms with van der Waals surface area (Å²) in [5, 5.41) is 3.38. The Bertz CT molecular complexity index is 326. The summed E-state index contributed by atoms with van der Waals surface area (Å²) < 4.78 is 0. The molecule has 0 spiro atoms. The van der Waals surface area contributed by atoms with Crippen molar-refractivity contribution in [3.63, 3.8) is 0 Å². The standard InChI is InChI=1S/C10H14ClN3O/c1-12-5-6-14(2)10(15)8-3-4-9(11)13-7-8/h3-4,7,12H,5-6H2,1-2H3. The number of nitrogens with zero attached hydrogens (tertiary/aromatic N) is 2. The predicted molar refractivity (Wildman–Crippen MR) is 60.1 cm³/mol. The number of likely N-dealkylation sites (N-methyl/N-ethyl adjacent to an activating group) is 2. The van der Waals surface area contributed by atoms with Gasteiger partial charge in [-0.3, -0.25) is 4.79 Å². The van der Waals surface area contributed by atoms with Gasteiger partial charge in [-0.25, -0.2) is 4.98 Å². The molecule has 1 rings (SSSR count). The minimum absolute atomic E-state index is 0.0468. The first kappa shape index (κ1) is 11.9. The van der Waals surface area contributed by atoms with Crippen LogP contribution in [0.1, 0.15) is 10.4 Å². The first-order valence-corrected chi connectivity index (χ1v) is 5.04. The zero-order valence-electron chi connectivity index (χ0n) is 8.83. The van der Waals surface area contributed by atoms with Crippen LogP contribution >= 0.6 is 11.6 Å². The molecule has 0 bridgehead atoms. The van der Waals surface area contributed by atoms with Gasteiger partial charge in [-0.1, -0.05) is 11.6 Å². The normalized spacial score (nSPS) is 10.1. The van der Waals surface area contributed by atoms with Crippen molar-refractivity contribution in [2.45, 2.75) is 0 Å². The second-order valence-corrected chi connectivity index (χ2v) is 3.59. The summed E-state index contributed by atoms with van der Waals surface area (Å²) in [7, 11) is 3.61. The Labute approximate surface area is 94.3 Å². The maximum absolute atomic E-state index is 11.8. The van der Waals surface area contributed by atoms with Crippen LogP contribution in [0.15, 0.2) is 18.3 Å². The van der Waals surface area contributed by atoms with Crippen molar-refractivity contribution in [2.75, 3.05) is 27.2 Å². The highest BCUT2D eigenvalue weighted by atomic mass is 35.5. The van der Waals surface area contributed by atoms with Crippen LogP contribution in [-0.4, -0.2) is 43.0 Å². The third kappa shape index (κ3) is 3.49. The summed E-state index contributed by atoms with van der Waals surface area (Å²) in [5.74, 6) is -0.0468.